The van der Waals surface area contributed by atoms with E-state index in [0.29, 0.717) is 36.2 Å². The van der Waals surface area contributed by atoms with E-state index in [1.54, 1.807) is 28.6 Å². The maximum Gasteiger partial charge on any atom is 0.218 e. The van der Waals surface area contributed by atoms with Gasteiger partial charge in [0.25, 0.3) is 0 Å². The van der Waals surface area contributed by atoms with Crippen molar-refractivity contribution in [2.75, 3.05) is 25.0 Å². The molecule has 0 aliphatic carbocycles. The SMILES string of the molecule is Cc1ccccc1N/C(=N/C#N)N1CCN(S(=O)(=O)Cc2ccc(Cl)cc2)C(C(C)C)C1. The minimum absolute atomic E-state index is 0.0754. The van der Waals surface area contributed by atoms with E-state index in [9.17, 15) is 13.7 Å². The molecule has 0 aromatic heterocycles. The number of hydrogen-bond donors (Lipinski definition) is 1. The number of anilines is 1. The normalized spacial score (nSPS) is 17.9. The van der Waals surface area contributed by atoms with Crippen LogP contribution in [0.4, 0.5) is 5.69 Å². The van der Waals surface area contributed by atoms with Crippen LogP contribution in [0.1, 0.15) is 25.0 Å². The van der Waals surface area contributed by atoms with Gasteiger partial charge in [0.05, 0.1) is 5.75 Å². The van der Waals surface area contributed by atoms with Crippen LogP contribution in [0.15, 0.2) is 53.5 Å². The molecule has 0 spiro atoms. The van der Waals surface area contributed by atoms with Gasteiger partial charge in [0, 0.05) is 36.4 Å². The van der Waals surface area contributed by atoms with Gasteiger partial charge in [0.15, 0.2) is 0 Å². The zero-order valence-electron chi connectivity index (χ0n) is 18.5. The summed E-state index contributed by atoms with van der Waals surface area (Å²) < 4.78 is 28.1. The lowest BCUT2D eigenvalue weighted by atomic mass is 10.0. The molecule has 1 aliphatic heterocycles. The molecule has 3 rings (SSSR count). The van der Waals surface area contributed by atoms with Gasteiger partial charge in [-0.25, -0.2) is 8.42 Å². The number of aliphatic imine (C=N–C) groups is 1. The molecule has 1 unspecified atom stereocenters. The molecule has 9 heteroatoms. The van der Waals surface area contributed by atoms with Crippen molar-refractivity contribution in [2.24, 2.45) is 10.9 Å². The Balaban J connectivity index is 1.80. The number of nitriles is 1. The second kappa shape index (κ2) is 10.3. The van der Waals surface area contributed by atoms with Crippen molar-refractivity contribution in [1.82, 2.24) is 9.21 Å². The van der Waals surface area contributed by atoms with E-state index >= 15 is 0 Å². The smallest absolute Gasteiger partial charge is 0.218 e. The van der Waals surface area contributed by atoms with Crippen LogP contribution < -0.4 is 5.32 Å². The lowest BCUT2D eigenvalue weighted by molar-refractivity contribution is 0.156. The highest BCUT2D eigenvalue weighted by Crippen LogP contribution is 2.24. The molecule has 0 bridgehead atoms. The monoisotopic (exact) mass is 473 g/mol. The molecule has 1 N–H and O–H groups in total. The first kappa shape index (κ1) is 24.1. The topological polar surface area (TPSA) is 88.8 Å². The molecular formula is C23H28ClN5O2S. The summed E-state index contributed by atoms with van der Waals surface area (Å²) >= 11 is 5.93. The van der Waals surface area contributed by atoms with Crippen molar-refractivity contribution in [3.05, 3.63) is 64.7 Å². The standard InChI is InChI=1S/C23H28ClN5O2S/c1-17(2)22-14-28(23(26-16-25)27-21-7-5-4-6-18(21)3)12-13-29(22)32(30,31)15-19-8-10-20(24)11-9-19/h4-11,17,22H,12-15H2,1-3H3,(H,26,27). The fraction of sp³-hybridized carbons (Fsp3) is 0.391. The number of hydrogen-bond acceptors (Lipinski definition) is 4. The van der Waals surface area contributed by atoms with Gasteiger partial charge in [0.1, 0.15) is 0 Å². The van der Waals surface area contributed by atoms with E-state index in [0.717, 1.165) is 11.3 Å². The van der Waals surface area contributed by atoms with Crippen LogP contribution in [0.3, 0.4) is 0 Å². The third-order valence-corrected chi connectivity index (χ3v) is 7.72. The molecular weight excluding hydrogens is 446 g/mol. The number of piperazine rings is 1. The molecule has 1 fully saturated rings. The summed E-state index contributed by atoms with van der Waals surface area (Å²) in [5.74, 6) is 0.440. The third kappa shape index (κ3) is 5.80. The maximum atomic E-state index is 13.3. The Morgan fingerprint density at radius 3 is 2.53 bits per heavy atom. The van der Waals surface area contributed by atoms with Gasteiger partial charge >= 0.3 is 0 Å². The largest absolute Gasteiger partial charge is 0.339 e. The summed E-state index contributed by atoms with van der Waals surface area (Å²) in [5.41, 5.74) is 2.59. The first-order valence-electron chi connectivity index (χ1n) is 10.5. The van der Waals surface area contributed by atoms with Crippen LogP contribution in [0, 0.1) is 24.3 Å². The Morgan fingerprint density at radius 1 is 1.22 bits per heavy atom. The van der Waals surface area contributed by atoms with Crippen molar-refractivity contribution in [2.45, 2.75) is 32.6 Å². The highest BCUT2D eigenvalue weighted by Gasteiger charge is 2.37. The first-order chi connectivity index (χ1) is 15.2. The average molecular weight is 474 g/mol. The van der Waals surface area contributed by atoms with Gasteiger partial charge in [-0.1, -0.05) is 55.8 Å². The minimum atomic E-state index is -3.53. The Labute approximate surface area is 195 Å². The van der Waals surface area contributed by atoms with Gasteiger partial charge < -0.3 is 10.2 Å². The molecule has 0 amide bonds. The third-order valence-electron chi connectivity index (χ3n) is 5.60. The van der Waals surface area contributed by atoms with E-state index in [-0.39, 0.29) is 17.7 Å². The minimum Gasteiger partial charge on any atom is -0.339 e. The molecule has 170 valence electrons. The van der Waals surface area contributed by atoms with Crippen molar-refractivity contribution in [1.29, 1.82) is 5.26 Å². The molecule has 2 aromatic rings. The zero-order valence-corrected chi connectivity index (χ0v) is 20.1. The molecule has 7 nitrogen and oxygen atoms in total. The summed E-state index contributed by atoms with van der Waals surface area (Å²) in [6, 6.07) is 14.4. The number of rotatable bonds is 5. The molecule has 0 saturated carbocycles. The van der Waals surface area contributed by atoms with Crippen molar-refractivity contribution >= 4 is 33.3 Å². The summed E-state index contributed by atoms with van der Waals surface area (Å²) in [6.45, 7) is 7.19. The number of sulfonamides is 1. The summed E-state index contributed by atoms with van der Waals surface area (Å²) in [6.07, 6.45) is 1.87. The van der Waals surface area contributed by atoms with E-state index in [1.165, 1.54) is 0 Å². The Bertz CT molecular complexity index is 1110. The number of nitrogens with one attached hydrogen (secondary N) is 1. The number of nitrogens with zero attached hydrogens (tertiary/aromatic N) is 4. The van der Waals surface area contributed by atoms with E-state index < -0.39 is 10.0 Å². The van der Waals surface area contributed by atoms with Crippen LogP contribution >= 0.6 is 11.6 Å². The lowest BCUT2D eigenvalue weighted by Gasteiger charge is -2.43. The average Bonchev–Trinajstić information content (AvgIpc) is 2.76. The van der Waals surface area contributed by atoms with Crippen molar-refractivity contribution in [3.63, 3.8) is 0 Å². The van der Waals surface area contributed by atoms with Crippen LogP contribution in [0.2, 0.25) is 5.02 Å². The first-order valence-corrected chi connectivity index (χ1v) is 12.5. The molecule has 1 saturated heterocycles. The fourth-order valence-corrected chi connectivity index (χ4v) is 5.80. The van der Waals surface area contributed by atoms with E-state index in [2.05, 4.69) is 10.3 Å². The number of benzene rings is 2. The van der Waals surface area contributed by atoms with Crippen LogP contribution in [-0.2, 0) is 15.8 Å². The molecule has 1 heterocycles. The van der Waals surface area contributed by atoms with Gasteiger partial charge in [-0.05, 0) is 42.2 Å². The van der Waals surface area contributed by atoms with Crippen LogP contribution in [0.25, 0.3) is 0 Å². The second-order valence-electron chi connectivity index (χ2n) is 8.23. The predicted molar refractivity (Wildman–Crippen MR) is 129 cm³/mol. The molecule has 1 atom stereocenters. The Hall–Kier alpha value is -2.60. The lowest BCUT2D eigenvalue weighted by Crippen LogP contribution is -2.59. The summed E-state index contributed by atoms with van der Waals surface area (Å²) in [4.78, 5) is 5.95. The summed E-state index contributed by atoms with van der Waals surface area (Å²) in [5, 5.41) is 13.1. The van der Waals surface area contributed by atoms with Crippen LogP contribution in [0.5, 0.6) is 0 Å². The van der Waals surface area contributed by atoms with Crippen molar-refractivity contribution in [3.8, 4) is 6.19 Å². The Morgan fingerprint density at radius 2 is 1.91 bits per heavy atom. The number of halogens is 1. The molecule has 1 aliphatic rings. The van der Waals surface area contributed by atoms with Gasteiger partial charge in [-0.2, -0.15) is 9.57 Å². The fourth-order valence-electron chi connectivity index (χ4n) is 3.81. The van der Waals surface area contributed by atoms with Gasteiger partial charge in [0.2, 0.25) is 22.2 Å². The molecule has 2 aromatic carbocycles. The number of guanidine groups is 1. The maximum absolute atomic E-state index is 13.3. The van der Waals surface area contributed by atoms with Crippen molar-refractivity contribution < 1.29 is 8.42 Å². The second-order valence-corrected chi connectivity index (χ2v) is 10.6. The highest BCUT2D eigenvalue weighted by atomic mass is 35.5. The number of aryl methyl sites for hydroxylation is 1. The van der Waals surface area contributed by atoms with E-state index in [4.69, 9.17) is 11.6 Å². The van der Waals surface area contributed by atoms with E-state index in [1.807, 2.05) is 56.1 Å². The quantitative estimate of drug-likeness (QED) is 0.401. The molecule has 0 radical (unpaired) electrons. The molecule has 32 heavy (non-hydrogen) atoms. The highest BCUT2D eigenvalue weighted by molar-refractivity contribution is 7.88. The van der Waals surface area contributed by atoms with Crippen LogP contribution in [-0.4, -0.2) is 49.3 Å². The van der Waals surface area contributed by atoms with Gasteiger partial charge in [-0.3, -0.25) is 0 Å². The zero-order chi connectivity index (χ0) is 23.3. The predicted octanol–water partition coefficient (Wildman–Crippen LogP) is 4.07. The van der Waals surface area contributed by atoms with Gasteiger partial charge in [-0.15, -0.1) is 4.99 Å². The Kier molecular flexibility index (Phi) is 7.77. The summed E-state index contributed by atoms with van der Waals surface area (Å²) in [7, 11) is -3.53. The number of para-hydroxylation sites is 1.